The molecule has 0 aliphatic heterocycles. The van der Waals surface area contributed by atoms with Gasteiger partial charge in [0.25, 0.3) is 5.56 Å². The molecule has 0 aromatic carbocycles. The fourth-order valence-electron chi connectivity index (χ4n) is 1.06. The maximum absolute atomic E-state index is 11.2. The quantitative estimate of drug-likeness (QED) is 0.490. The third-order valence-electron chi connectivity index (χ3n) is 1.61. The highest BCUT2D eigenvalue weighted by Gasteiger charge is 2.00. The van der Waals surface area contributed by atoms with Gasteiger partial charge in [0.15, 0.2) is 0 Å². The average Bonchev–Trinajstić information content (AvgIpc) is 2.06. The zero-order valence-corrected chi connectivity index (χ0v) is 6.50. The first-order chi connectivity index (χ1) is 6.16. The van der Waals surface area contributed by atoms with Gasteiger partial charge in [0.05, 0.1) is 17.3 Å². The Morgan fingerprint density at radius 3 is 2.85 bits per heavy atom. The number of H-pyrrole nitrogens is 2. The second-order valence-electron chi connectivity index (χ2n) is 2.57. The van der Waals surface area contributed by atoms with Crippen molar-refractivity contribution in [3.63, 3.8) is 0 Å². The van der Waals surface area contributed by atoms with E-state index in [1.807, 2.05) is 0 Å². The molecule has 6 nitrogen and oxygen atoms in total. The van der Waals surface area contributed by atoms with Crippen molar-refractivity contribution in [2.75, 3.05) is 5.73 Å². The second-order valence-corrected chi connectivity index (χ2v) is 2.57. The highest BCUT2D eigenvalue weighted by molar-refractivity contribution is 5.76. The zero-order chi connectivity index (χ0) is 9.42. The predicted molar refractivity (Wildman–Crippen MR) is 47.4 cm³/mol. The van der Waals surface area contributed by atoms with E-state index < -0.39 is 11.2 Å². The van der Waals surface area contributed by atoms with Gasteiger partial charge in [-0.05, 0) is 6.07 Å². The van der Waals surface area contributed by atoms with E-state index in [0.717, 1.165) is 0 Å². The summed E-state index contributed by atoms with van der Waals surface area (Å²) >= 11 is 0. The maximum Gasteiger partial charge on any atom is 0.327 e. The Balaban J connectivity index is 3.04. The Kier molecular flexibility index (Phi) is 1.42. The Hall–Kier alpha value is -2.11. The van der Waals surface area contributed by atoms with E-state index in [4.69, 9.17) is 5.73 Å². The van der Waals surface area contributed by atoms with Crippen LogP contribution in [0.2, 0.25) is 0 Å². The fourth-order valence-corrected chi connectivity index (χ4v) is 1.06. The van der Waals surface area contributed by atoms with E-state index in [-0.39, 0.29) is 11.0 Å². The first-order valence-corrected chi connectivity index (χ1v) is 3.54. The molecule has 0 aliphatic carbocycles. The molecule has 2 aromatic heterocycles. The molecule has 2 rings (SSSR count). The van der Waals surface area contributed by atoms with Gasteiger partial charge in [-0.2, -0.15) is 0 Å². The van der Waals surface area contributed by atoms with E-state index in [1.165, 1.54) is 12.3 Å². The number of aromatic nitrogens is 3. The number of rotatable bonds is 0. The standard InChI is InChI=1S/C7H6N4O2/c8-3-1-4-5(9-2-3)10-7(13)11-6(4)12/h1-2H,8H2,(H2,9,10,11,12,13). The Morgan fingerprint density at radius 1 is 1.31 bits per heavy atom. The highest BCUT2D eigenvalue weighted by atomic mass is 16.2. The Bertz CT molecular complexity index is 568. The molecule has 0 spiro atoms. The van der Waals surface area contributed by atoms with Crippen molar-refractivity contribution in [2.24, 2.45) is 0 Å². The number of aromatic amines is 2. The van der Waals surface area contributed by atoms with Crippen LogP contribution in [0.25, 0.3) is 11.0 Å². The number of nitrogens with two attached hydrogens (primary N) is 1. The van der Waals surface area contributed by atoms with Crippen LogP contribution in [0.4, 0.5) is 5.69 Å². The van der Waals surface area contributed by atoms with Crippen LogP contribution in [-0.2, 0) is 0 Å². The third kappa shape index (κ3) is 1.18. The van der Waals surface area contributed by atoms with Crippen molar-refractivity contribution < 1.29 is 0 Å². The summed E-state index contributed by atoms with van der Waals surface area (Å²) < 4.78 is 0. The highest BCUT2D eigenvalue weighted by Crippen LogP contribution is 2.05. The van der Waals surface area contributed by atoms with E-state index >= 15 is 0 Å². The van der Waals surface area contributed by atoms with Crippen molar-refractivity contribution in [1.29, 1.82) is 0 Å². The first-order valence-electron chi connectivity index (χ1n) is 3.54. The van der Waals surface area contributed by atoms with Gasteiger partial charge in [0, 0.05) is 0 Å². The summed E-state index contributed by atoms with van der Waals surface area (Å²) in [7, 11) is 0. The molecular weight excluding hydrogens is 172 g/mol. The minimum absolute atomic E-state index is 0.239. The van der Waals surface area contributed by atoms with Crippen molar-refractivity contribution in [3.05, 3.63) is 33.1 Å². The van der Waals surface area contributed by atoms with Gasteiger partial charge in [-0.15, -0.1) is 0 Å². The van der Waals surface area contributed by atoms with Gasteiger partial charge < -0.3 is 5.73 Å². The number of nitrogen functional groups attached to an aromatic ring is 1. The van der Waals surface area contributed by atoms with E-state index in [9.17, 15) is 9.59 Å². The molecule has 66 valence electrons. The number of hydrogen-bond acceptors (Lipinski definition) is 4. The molecule has 0 saturated heterocycles. The average molecular weight is 178 g/mol. The normalized spacial score (nSPS) is 10.5. The van der Waals surface area contributed by atoms with Crippen LogP contribution >= 0.6 is 0 Å². The lowest BCUT2D eigenvalue weighted by molar-refractivity contribution is 1.06. The van der Waals surface area contributed by atoms with Crippen LogP contribution in [0.5, 0.6) is 0 Å². The molecule has 0 radical (unpaired) electrons. The van der Waals surface area contributed by atoms with Gasteiger partial charge in [-0.1, -0.05) is 0 Å². The number of anilines is 1. The van der Waals surface area contributed by atoms with Crippen LogP contribution in [0.1, 0.15) is 0 Å². The van der Waals surface area contributed by atoms with Crippen LogP contribution in [0.3, 0.4) is 0 Å². The molecule has 2 aromatic rings. The van der Waals surface area contributed by atoms with E-state index in [2.05, 4.69) is 15.0 Å². The van der Waals surface area contributed by atoms with Crippen molar-refractivity contribution in [2.45, 2.75) is 0 Å². The summed E-state index contributed by atoms with van der Waals surface area (Å²) in [4.78, 5) is 30.2. The maximum atomic E-state index is 11.2. The molecule has 0 amide bonds. The second kappa shape index (κ2) is 2.44. The van der Waals surface area contributed by atoms with Crippen molar-refractivity contribution in [1.82, 2.24) is 15.0 Å². The zero-order valence-electron chi connectivity index (χ0n) is 6.50. The monoisotopic (exact) mass is 178 g/mol. The minimum Gasteiger partial charge on any atom is -0.397 e. The largest absolute Gasteiger partial charge is 0.397 e. The smallest absolute Gasteiger partial charge is 0.327 e. The van der Waals surface area contributed by atoms with E-state index in [1.54, 1.807) is 0 Å². The van der Waals surface area contributed by atoms with Crippen LogP contribution in [-0.4, -0.2) is 15.0 Å². The lowest BCUT2D eigenvalue weighted by Crippen LogP contribution is -2.22. The summed E-state index contributed by atoms with van der Waals surface area (Å²) in [6.45, 7) is 0. The van der Waals surface area contributed by atoms with Crippen LogP contribution in [0, 0.1) is 0 Å². The molecule has 0 fully saturated rings. The SMILES string of the molecule is Nc1cnc2[nH]c(=O)[nH]c(=O)c2c1. The summed E-state index contributed by atoms with van der Waals surface area (Å²) in [5, 5.41) is 0.277. The molecule has 6 heteroatoms. The molecule has 0 saturated carbocycles. The molecule has 0 aliphatic rings. The van der Waals surface area contributed by atoms with Crippen molar-refractivity contribution in [3.8, 4) is 0 Å². The molecule has 0 unspecified atom stereocenters. The molecule has 0 atom stereocenters. The molecule has 4 N–H and O–H groups in total. The first kappa shape index (κ1) is 7.53. The van der Waals surface area contributed by atoms with Gasteiger partial charge in [0.1, 0.15) is 5.65 Å². The lowest BCUT2D eigenvalue weighted by atomic mass is 10.3. The number of hydrogen-bond donors (Lipinski definition) is 3. The molecular formula is C7H6N4O2. The predicted octanol–water partition coefficient (Wildman–Crippen LogP) is -0.806. The van der Waals surface area contributed by atoms with Crippen molar-refractivity contribution >= 4 is 16.7 Å². The van der Waals surface area contributed by atoms with Gasteiger partial charge >= 0.3 is 5.69 Å². The number of pyridine rings is 1. The summed E-state index contributed by atoms with van der Waals surface area (Å²) in [6, 6.07) is 1.46. The lowest BCUT2D eigenvalue weighted by Gasteiger charge is -1.95. The van der Waals surface area contributed by atoms with E-state index in [0.29, 0.717) is 5.69 Å². The summed E-state index contributed by atoms with van der Waals surface area (Å²) in [6.07, 6.45) is 1.37. The summed E-state index contributed by atoms with van der Waals surface area (Å²) in [5.41, 5.74) is 4.98. The minimum atomic E-state index is -0.574. The topological polar surface area (TPSA) is 105 Å². The molecule has 0 bridgehead atoms. The van der Waals surface area contributed by atoms with Gasteiger partial charge in [0.2, 0.25) is 0 Å². The van der Waals surface area contributed by atoms with Crippen LogP contribution in [0.15, 0.2) is 21.9 Å². The van der Waals surface area contributed by atoms with Gasteiger partial charge in [-0.3, -0.25) is 14.8 Å². The third-order valence-corrected chi connectivity index (χ3v) is 1.61. The summed E-state index contributed by atoms with van der Waals surface area (Å²) in [5.74, 6) is 0. The number of fused-ring (bicyclic) bond motifs is 1. The number of nitrogens with one attached hydrogen (secondary N) is 2. The molecule has 13 heavy (non-hydrogen) atoms. The number of nitrogens with zero attached hydrogens (tertiary/aromatic N) is 1. The van der Waals surface area contributed by atoms with Gasteiger partial charge in [-0.25, -0.2) is 9.78 Å². The fraction of sp³-hybridized carbons (Fsp3) is 0. The molecule has 2 heterocycles. The van der Waals surface area contributed by atoms with Crippen LogP contribution < -0.4 is 17.0 Å². The Labute approximate surface area is 71.4 Å². The Morgan fingerprint density at radius 2 is 2.08 bits per heavy atom.